The molecule has 1 unspecified atom stereocenters. The van der Waals surface area contributed by atoms with Crippen molar-refractivity contribution in [2.45, 2.75) is 25.3 Å². The summed E-state index contributed by atoms with van der Waals surface area (Å²) >= 11 is 3.35. The van der Waals surface area contributed by atoms with Crippen LogP contribution in [0.15, 0.2) is 28.9 Å². The lowest BCUT2D eigenvalue weighted by atomic mass is 9.93. The van der Waals surface area contributed by atoms with Gasteiger partial charge in [0.1, 0.15) is 5.82 Å². The lowest BCUT2D eigenvalue weighted by Gasteiger charge is -2.21. The average Bonchev–Trinajstić information content (AvgIpc) is 2.38. The second-order valence-corrected chi connectivity index (χ2v) is 5.57. The highest BCUT2D eigenvalue weighted by Crippen LogP contribution is 2.30. The van der Waals surface area contributed by atoms with E-state index in [4.69, 9.17) is 5.73 Å². The molecule has 0 bridgehead atoms. The molecule has 0 saturated heterocycles. The molecule has 1 aromatic carbocycles. The first-order valence-corrected chi connectivity index (χ1v) is 7.01. The number of nitrogens with two attached hydrogens (primary N) is 1. The summed E-state index contributed by atoms with van der Waals surface area (Å²) in [5.41, 5.74) is 8.89. The third kappa shape index (κ3) is 2.40. The highest BCUT2D eigenvalue weighted by Gasteiger charge is 2.19. The van der Waals surface area contributed by atoms with Crippen LogP contribution in [0.5, 0.6) is 0 Å². The highest BCUT2D eigenvalue weighted by atomic mass is 79.9. The molecule has 0 saturated carbocycles. The zero-order valence-corrected chi connectivity index (χ0v) is 11.8. The molecule has 0 radical (unpaired) electrons. The zero-order chi connectivity index (χ0) is 13.4. The monoisotopic (exact) mass is 321 g/mol. The molecule has 2 N–H and O–H groups in total. The second-order valence-electron chi connectivity index (χ2n) is 4.72. The smallest absolute Gasteiger partial charge is 0.160 e. The summed E-state index contributed by atoms with van der Waals surface area (Å²) in [6, 6.07) is 4.55. The molecule has 2 aromatic rings. The first-order valence-electron chi connectivity index (χ1n) is 6.22. The topological polar surface area (TPSA) is 51.8 Å². The number of hydrogen-bond acceptors (Lipinski definition) is 3. The normalized spacial score (nSPS) is 18.2. The van der Waals surface area contributed by atoms with Crippen LogP contribution in [0.25, 0.3) is 11.4 Å². The maximum absolute atomic E-state index is 13.1. The Labute approximate surface area is 119 Å². The summed E-state index contributed by atoms with van der Waals surface area (Å²) in [5.74, 6) is 0.329. The van der Waals surface area contributed by atoms with Crippen molar-refractivity contribution in [2.75, 3.05) is 0 Å². The van der Waals surface area contributed by atoms with Gasteiger partial charge in [-0.25, -0.2) is 14.4 Å². The molecular weight excluding hydrogens is 309 g/mol. The van der Waals surface area contributed by atoms with Gasteiger partial charge in [0.25, 0.3) is 0 Å². The molecule has 3 rings (SSSR count). The number of fused-ring (bicyclic) bond motifs is 1. The fourth-order valence-corrected chi connectivity index (χ4v) is 2.91. The van der Waals surface area contributed by atoms with Crippen molar-refractivity contribution < 1.29 is 4.39 Å². The van der Waals surface area contributed by atoms with Crippen LogP contribution in [0.4, 0.5) is 4.39 Å². The van der Waals surface area contributed by atoms with Gasteiger partial charge in [-0.2, -0.15) is 0 Å². The quantitative estimate of drug-likeness (QED) is 0.876. The van der Waals surface area contributed by atoms with Crippen LogP contribution in [-0.4, -0.2) is 9.97 Å². The van der Waals surface area contributed by atoms with E-state index >= 15 is 0 Å². The van der Waals surface area contributed by atoms with E-state index in [0.717, 1.165) is 36.1 Å². The van der Waals surface area contributed by atoms with Crippen molar-refractivity contribution in [2.24, 2.45) is 5.73 Å². The van der Waals surface area contributed by atoms with Crippen molar-refractivity contribution >= 4 is 15.9 Å². The summed E-state index contributed by atoms with van der Waals surface area (Å²) < 4.78 is 13.8. The Morgan fingerprint density at radius 3 is 3.00 bits per heavy atom. The third-order valence-corrected chi connectivity index (χ3v) is 4.06. The van der Waals surface area contributed by atoms with E-state index in [2.05, 4.69) is 25.9 Å². The molecule has 3 nitrogen and oxygen atoms in total. The largest absolute Gasteiger partial charge is 0.324 e. The first-order chi connectivity index (χ1) is 9.15. The van der Waals surface area contributed by atoms with Gasteiger partial charge in [0.15, 0.2) is 5.82 Å². The minimum atomic E-state index is -0.282. The van der Waals surface area contributed by atoms with Gasteiger partial charge < -0.3 is 5.73 Å². The summed E-state index contributed by atoms with van der Waals surface area (Å²) in [4.78, 5) is 8.94. The summed E-state index contributed by atoms with van der Waals surface area (Å²) in [6.07, 6.45) is 4.76. The molecule has 0 fully saturated rings. The number of rotatable bonds is 1. The fourth-order valence-electron chi connectivity index (χ4n) is 2.38. The summed E-state index contributed by atoms with van der Waals surface area (Å²) in [7, 11) is 0. The number of nitrogens with zero attached hydrogens (tertiary/aromatic N) is 2. The molecule has 98 valence electrons. The van der Waals surface area contributed by atoms with Crippen molar-refractivity contribution in [1.29, 1.82) is 0 Å². The Morgan fingerprint density at radius 2 is 2.21 bits per heavy atom. The predicted molar refractivity (Wildman–Crippen MR) is 75.0 cm³/mol. The van der Waals surface area contributed by atoms with Crippen LogP contribution in [-0.2, 0) is 6.42 Å². The third-order valence-electron chi connectivity index (χ3n) is 3.40. The molecule has 0 aliphatic heterocycles. The average molecular weight is 322 g/mol. The van der Waals surface area contributed by atoms with Crippen LogP contribution in [0.2, 0.25) is 0 Å². The number of aromatic nitrogens is 2. The Morgan fingerprint density at radius 1 is 1.37 bits per heavy atom. The van der Waals surface area contributed by atoms with Crippen molar-refractivity contribution in [3.8, 4) is 11.4 Å². The number of aryl methyl sites for hydroxylation is 1. The maximum Gasteiger partial charge on any atom is 0.160 e. The van der Waals surface area contributed by atoms with E-state index in [9.17, 15) is 4.39 Å². The van der Waals surface area contributed by atoms with Crippen molar-refractivity contribution in [3.05, 3.63) is 45.9 Å². The first kappa shape index (κ1) is 12.7. The molecule has 0 spiro atoms. The van der Waals surface area contributed by atoms with E-state index in [1.807, 2.05) is 0 Å². The van der Waals surface area contributed by atoms with Gasteiger partial charge in [-0.05, 0) is 53.4 Å². The SMILES string of the molecule is NC1CCCc2nc(-c3ccc(F)cc3Br)ncc21. The lowest BCUT2D eigenvalue weighted by Crippen LogP contribution is -2.19. The van der Waals surface area contributed by atoms with Gasteiger partial charge >= 0.3 is 0 Å². The van der Waals surface area contributed by atoms with E-state index in [1.54, 1.807) is 12.3 Å². The standard InChI is InChI=1S/C14H13BrFN3/c15-11-6-8(16)4-5-9(11)14-18-7-10-12(17)2-1-3-13(10)19-14/h4-7,12H,1-3,17H2. The summed E-state index contributed by atoms with van der Waals surface area (Å²) in [5, 5.41) is 0. The zero-order valence-electron chi connectivity index (χ0n) is 10.2. The summed E-state index contributed by atoms with van der Waals surface area (Å²) in [6.45, 7) is 0. The van der Waals surface area contributed by atoms with E-state index in [-0.39, 0.29) is 11.9 Å². The minimum absolute atomic E-state index is 0.0365. The highest BCUT2D eigenvalue weighted by molar-refractivity contribution is 9.10. The van der Waals surface area contributed by atoms with Crippen LogP contribution >= 0.6 is 15.9 Å². The number of halogens is 2. The molecule has 1 aliphatic rings. The molecule has 1 atom stereocenters. The van der Waals surface area contributed by atoms with Crippen molar-refractivity contribution in [3.63, 3.8) is 0 Å². The van der Waals surface area contributed by atoms with Crippen molar-refractivity contribution in [1.82, 2.24) is 9.97 Å². The predicted octanol–water partition coefficient (Wildman–Crippen LogP) is 3.38. The van der Waals surface area contributed by atoms with Gasteiger partial charge in [0.05, 0.1) is 0 Å². The molecule has 5 heteroatoms. The van der Waals surface area contributed by atoms with Crippen LogP contribution in [0.1, 0.15) is 30.1 Å². The second kappa shape index (κ2) is 4.98. The van der Waals surface area contributed by atoms with Crippen LogP contribution in [0.3, 0.4) is 0 Å². The molecule has 1 aromatic heterocycles. The van der Waals surface area contributed by atoms with Crippen LogP contribution in [0, 0.1) is 5.82 Å². The molecule has 19 heavy (non-hydrogen) atoms. The van der Waals surface area contributed by atoms with Gasteiger partial charge in [-0.15, -0.1) is 0 Å². The fraction of sp³-hybridized carbons (Fsp3) is 0.286. The maximum atomic E-state index is 13.1. The Kier molecular flexibility index (Phi) is 3.33. The Balaban J connectivity index is 2.06. The van der Waals surface area contributed by atoms with E-state index < -0.39 is 0 Å². The van der Waals surface area contributed by atoms with Gasteiger partial charge in [0, 0.05) is 33.5 Å². The van der Waals surface area contributed by atoms with Gasteiger partial charge in [0.2, 0.25) is 0 Å². The molecule has 1 aliphatic carbocycles. The Bertz CT molecular complexity index is 630. The number of hydrogen-bond donors (Lipinski definition) is 1. The van der Waals surface area contributed by atoms with Crippen LogP contribution < -0.4 is 5.73 Å². The number of benzene rings is 1. The molecule has 1 heterocycles. The van der Waals surface area contributed by atoms with E-state index in [0.29, 0.717) is 10.3 Å². The van der Waals surface area contributed by atoms with Gasteiger partial charge in [-0.3, -0.25) is 0 Å². The van der Waals surface area contributed by atoms with Gasteiger partial charge in [-0.1, -0.05) is 0 Å². The van der Waals surface area contributed by atoms with E-state index in [1.165, 1.54) is 12.1 Å². The molecular formula is C14H13BrFN3. The lowest BCUT2D eigenvalue weighted by molar-refractivity contribution is 0.557. The minimum Gasteiger partial charge on any atom is -0.324 e. The molecule has 0 amide bonds. The Hall–Kier alpha value is -1.33.